The number of rotatable bonds is 0. The van der Waals surface area contributed by atoms with Gasteiger partial charge in [-0.3, -0.25) is 4.18 Å². The molecule has 1 aliphatic carbocycles. The monoisotopic (exact) mass is 231 g/mol. The molecule has 2 aliphatic rings. The minimum Gasteiger partial charge on any atom is -0.443 e. The van der Waals surface area contributed by atoms with Crippen LogP contribution in [-0.4, -0.2) is 28.1 Å². The van der Waals surface area contributed by atoms with E-state index in [1.54, 1.807) is 4.31 Å². The SMILES string of the molecule is CC(C)(C)OC(=O)N1SO[C@@H]2CCC[C@@H]21. The molecule has 0 bridgehead atoms. The molecule has 0 aromatic carbocycles. The highest BCUT2D eigenvalue weighted by molar-refractivity contribution is 7.93. The van der Waals surface area contributed by atoms with Gasteiger partial charge in [0, 0.05) is 0 Å². The van der Waals surface area contributed by atoms with Crippen molar-refractivity contribution in [2.45, 2.75) is 57.8 Å². The van der Waals surface area contributed by atoms with Gasteiger partial charge in [-0.2, -0.15) is 0 Å². The highest BCUT2D eigenvalue weighted by Crippen LogP contribution is 2.40. The van der Waals surface area contributed by atoms with E-state index in [0.29, 0.717) is 0 Å². The summed E-state index contributed by atoms with van der Waals surface area (Å²) < 4.78 is 12.4. The average Bonchev–Trinajstić information content (AvgIpc) is 2.57. The standard InChI is InChI=1S/C10H17NO3S/c1-10(2,3)13-9(12)11-7-5-4-6-8(7)14-15-11/h7-8H,4-6H2,1-3H3/t7-,8+/m0/s1. The molecule has 4 nitrogen and oxygen atoms in total. The van der Waals surface area contributed by atoms with E-state index in [4.69, 9.17) is 8.92 Å². The number of amides is 1. The highest BCUT2D eigenvalue weighted by Gasteiger charge is 2.44. The van der Waals surface area contributed by atoms with Crippen molar-refractivity contribution in [3.8, 4) is 0 Å². The van der Waals surface area contributed by atoms with Crippen LogP contribution >= 0.6 is 12.2 Å². The first-order chi connectivity index (χ1) is 6.97. The number of nitrogens with zero attached hydrogens (tertiary/aromatic N) is 1. The van der Waals surface area contributed by atoms with Crippen molar-refractivity contribution >= 4 is 18.3 Å². The summed E-state index contributed by atoms with van der Waals surface area (Å²) in [5.74, 6) is 0. The van der Waals surface area contributed by atoms with Crippen LogP contribution in [0.2, 0.25) is 0 Å². The highest BCUT2D eigenvalue weighted by atomic mass is 32.2. The molecule has 0 radical (unpaired) electrons. The van der Waals surface area contributed by atoms with Crippen molar-refractivity contribution in [1.82, 2.24) is 4.31 Å². The van der Waals surface area contributed by atoms with Crippen LogP contribution in [0.1, 0.15) is 40.0 Å². The summed E-state index contributed by atoms with van der Waals surface area (Å²) in [5.41, 5.74) is -0.436. The molecule has 1 aliphatic heterocycles. The van der Waals surface area contributed by atoms with E-state index in [0.717, 1.165) is 31.5 Å². The minimum atomic E-state index is -0.436. The second-order valence-corrected chi connectivity index (χ2v) is 5.75. The van der Waals surface area contributed by atoms with Gasteiger partial charge in [0.2, 0.25) is 0 Å². The van der Waals surface area contributed by atoms with Gasteiger partial charge in [0.15, 0.2) is 0 Å². The van der Waals surface area contributed by atoms with Gasteiger partial charge < -0.3 is 4.74 Å². The maximum Gasteiger partial charge on any atom is 0.422 e. The molecule has 1 heterocycles. The molecule has 1 saturated carbocycles. The number of hydrogen-bond acceptors (Lipinski definition) is 4. The molecule has 0 spiro atoms. The Labute approximate surface area is 94.6 Å². The lowest BCUT2D eigenvalue weighted by Crippen LogP contribution is -2.37. The van der Waals surface area contributed by atoms with E-state index in [1.165, 1.54) is 0 Å². The summed E-state index contributed by atoms with van der Waals surface area (Å²) in [6, 6.07) is 0.213. The van der Waals surface area contributed by atoms with Crippen molar-refractivity contribution in [1.29, 1.82) is 0 Å². The van der Waals surface area contributed by atoms with Crippen LogP contribution in [0.15, 0.2) is 0 Å². The second kappa shape index (κ2) is 3.87. The third kappa shape index (κ3) is 2.39. The van der Waals surface area contributed by atoms with Crippen molar-refractivity contribution in [2.24, 2.45) is 0 Å². The third-order valence-corrected chi connectivity index (χ3v) is 3.45. The van der Waals surface area contributed by atoms with Crippen LogP contribution in [0.3, 0.4) is 0 Å². The van der Waals surface area contributed by atoms with Gasteiger partial charge >= 0.3 is 6.09 Å². The van der Waals surface area contributed by atoms with Gasteiger partial charge in [-0.25, -0.2) is 9.10 Å². The van der Waals surface area contributed by atoms with E-state index in [2.05, 4.69) is 0 Å². The van der Waals surface area contributed by atoms with E-state index < -0.39 is 5.60 Å². The summed E-state index contributed by atoms with van der Waals surface area (Å²) in [5, 5.41) is 0. The number of fused-ring (bicyclic) bond motifs is 1. The van der Waals surface area contributed by atoms with Crippen LogP contribution in [0, 0.1) is 0 Å². The lowest BCUT2D eigenvalue weighted by Gasteiger charge is -2.25. The first-order valence-electron chi connectivity index (χ1n) is 5.33. The van der Waals surface area contributed by atoms with E-state index in [1.807, 2.05) is 20.8 Å². The molecule has 0 unspecified atom stereocenters. The van der Waals surface area contributed by atoms with Gasteiger partial charge in [-0.15, -0.1) is 0 Å². The van der Waals surface area contributed by atoms with Crippen molar-refractivity contribution in [3.63, 3.8) is 0 Å². The Hall–Kier alpha value is -0.420. The van der Waals surface area contributed by atoms with Crippen LogP contribution in [0.25, 0.3) is 0 Å². The molecule has 15 heavy (non-hydrogen) atoms. The van der Waals surface area contributed by atoms with Gasteiger partial charge in [0.1, 0.15) is 17.8 Å². The zero-order valence-electron chi connectivity index (χ0n) is 9.36. The maximum absolute atomic E-state index is 11.8. The topological polar surface area (TPSA) is 38.8 Å². The average molecular weight is 231 g/mol. The quantitative estimate of drug-likeness (QED) is 0.474. The molecule has 1 amide bonds. The number of hydrogen-bond donors (Lipinski definition) is 0. The Morgan fingerprint density at radius 2 is 2.20 bits per heavy atom. The summed E-state index contributed by atoms with van der Waals surface area (Å²) in [6.45, 7) is 5.62. The number of ether oxygens (including phenoxy) is 1. The van der Waals surface area contributed by atoms with Crippen molar-refractivity contribution < 1.29 is 13.7 Å². The number of carbonyl (C=O) groups is 1. The molecule has 5 heteroatoms. The number of carbonyl (C=O) groups excluding carboxylic acids is 1. The largest absolute Gasteiger partial charge is 0.443 e. The van der Waals surface area contributed by atoms with E-state index in [9.17, 15) is 4.79 Å². The zero-order valence-corrected chi connectivity index (χ0v) is 10.2. The van der Waals surface area contributed by atoms with Crippen molar-refractivity contribution in [2.75, 3.05) is 0 Å². The van der Waals surface area contributed by atoms with Crippen LogP contribution in [-0.2, 0) is 8.92 Å². The Morgan fingerprint density at radius 3 is 2.87 bits per heavy atom. The van der Waals surface area contributed by atoms with Gasteiger partial charge in [-0.05, 0) is 40.0 Å². The molecule has 0 N–H and O–H groups in total. The first-order valence-corrected chi connectivity index (χ1v) is 6.03. The zero-order chi connectivity index (χ0) is 11.1. The molecular formula is C10H17NO3S. The first kappa shape index (κ1) is 11.1. The Balaban J connectivity index is 1.96. The summed E-state index contributed by atoms with van der Waals surface area (Å²) in [6.07, 6.45) is 3.15. The summed E-state index contributed by atoms with van der Waals surface area (Å²) in [7, 11) is 0. The predicted molar refractivity (Wildman–Crippen MR) is 58.2 cm³/mol. The Morgan fingerprint density at radius 1 is 1.47 bits per heavy atom. The fraction of sp³-hybridized carbons (Fsp3) is 0.900. The Bertz CT molecular complexity index is 264. The summed E-state index contributed by atoms with van der Waals surface area (Å²) in [4.78, 5) is 11.8. The Kier molecular flexibility index (Phi) is 2.85. The molecular weight excluding hydrogens is 214 g/mol. The molecule has 0 aromatic heterocycles. The lowest BCUT2D eigenvalue weighted by atomic mass is 10.2. The smallest absolute Gasteiger partial charge is 0.422 e. The molecule has 2 atom stereocenters. The fourth-order valence-corrected chi connectivity index (χ4v) is 2.79. The predicted octanol–water partition coefficient (Wildman–Crippen LogP) is 2.74. The van der Waals surface area contributed by atoms with Crippen LogP contribution in [0.4, 0.5) is 4.79 Å². The molecule has 2 rings (SSSR count). The molecule has 1 saturated heterocycles. The molecule has 2 fully saturated rings. The van der Waals surface area contributed by atoms with Crippen LogP contribution < -0.4 is 0 Å². The van der Waals surface area contributed by atoms with E-state index in [-0.39, 0.29) is 18.2 Å². The maximum atomic E-state index is 11.8. The summed E-state index contributed by atoms with van der Waals surface area (Å²) >= 11 is 1.14. The van der Waals surface area contributed by atoms with Gasteiger partial charge in [0.05, 0.1) is 12.1 Å². The normalized spacial score (nSPS) is 30.5. The molecule has 86 valence electrons. The van der Waals surface area contributed by atoms with Crippen molar-refractivity contribution in [3.05, 3.63) is 0 Å². The van der Waals surface area contributed by atoms with E-state index >= 15 is 0 Å². The second-order valence-electron chi connectivity index (χ2n) is 5.01. The fourth-order valence-electron chi connectivity index (χ4n) is 1.92. The van der Waals surface area contributed by atoms with Gasteiger partial charge in [-0.1, -0.05) is 0 Å². The molecule has 0 aromatic rings. The third-order valence-electron chi connectivity index (χ3n) is 2.54. The lowest BCUT2D eigenvalue weighted by molar-refractivity contribution is 0.0357. The minimum absolute atomic E-state index is 0.211. The van der Waals surface area contributed by atoms with Gasteiger partial charge in [0.25, 0.3) is 0 Å². The van der Waals surface area contributed by atoms with Crippen LogP contribution in [0.5, 0.6) is 0 Å².